The van der Waals surface area contributed by atoms with Gasteiger partial charge in [-0.05, 0) is 36.6 Å². The normalized spacial score (nSPS) is 10.7. The second-order valence-electron chi connectivity index (χ2n) is 6.12. The van der Waals surface area contributed by atoms with Gasteiger partial charge in [-0.25, -0.2) is 9.59 Å². The molecule has 3 aromatic rings. The van der Waals surface area contributed by atoms with E-state index in [1.807, 2.05) is 24.3 Å². The maximum atomic E-state index is 11.8. The van der Waals surface area contributed by atoms with Gasteiger partial charge in [-0.15, -0.1) is 0 Å². The molecule has 0 spiro atoms. The number of aryl methyl sites for hydroxylation is 1. The fraction of sp³-hybridized carbons (Fsp3) is 0.250. The molecule has 1 aromatic heterocycles. The van der Waals surface area contributed by atoms with Crippen molar-refractivity contribution < 1.29 is 32.2 Å². The Labute approximate surface area is 174 Å². The Hall–Kier alpha value is -3.76. The first kappa shape index (κ1) is 23.5. The first-order chi connectivity index (χ1) is 14.7. The lowest BCUT2D eigenvalue weighted by Crippen LogP contribution is -2.21. The van der Waals surface area contributed by atoms with E-state index in [2.05, 4.69) is 34.7 Å². The van der Waals surface area contributed by atoms with Gasteiger partial charge >= 0.3 is 24.0 Å². The van der Waals surface area contributed by atoms with Crippen molar-refractivity contribution in [2.45, 2.75) is 19.0 Å². The minimum atomic E-state index is -5.08. The van der Waals surface area contributed by atoms with Gasteiger partial charge < -0.3 is 19.6 Å². The molecule has 11 heteroatoms. The van der Waals surface area contributed by atoms with Gasteiger partial charge in [0.1, 0.15) is 0 Å². The standard InChI is InChI=1S/C18H19N3O3.C2HF3O2/c1-23-17-20-21(18(22)24-17)16-11-5-10-15(13-16)19-12-6-9-14-7-3-2-4-8-14;3-2(4,5)1(6)7/h2-5,7-8,10-11,13,19H,6,9,12H2,1H3;(H,6,7). The zero-order chi connectivity index (χ0) is 22.9. The maximum absolute atomic E-state index is 11.8. The molecule has 0 aliphatic rings. The Kier molecular flexibility index (Phi) is 8.24. The smallest absolute Gasteiger partial charge is 0.475 e. The topological polar surface area (TPSA) is 107 Å². The van der Waals surface area contributed by atoms with Crippen LogP contribution in [0.2, 0.25) is 0 Å². The molecule has 0 aliphatic carbocycles. The van der Waals surface area contributed by atoms with Crippen LogP contribution >= 0.6 is 0 Å². The number of carbonyl (C=O) groups is 1. The number of benzene rings is 2. The molecule has 2 N–H and O–H groups in total. The molecule has 0 bridgehead atoms. The second kappa shape index (κ2) is 10.9. The molecule has 0 radical (unpaired) electrons. The van der Waals surface area contributed by atoms with E-state index in [-0.39, 0.29) is 6.08 Å². The van der Waals surface area contributed by atoms with Crippen molar-refractivity contribution in [3.63, 3.8) is 0 Å². The Bertz CT molecular complexity index is 1030. The number of ether oxygens (including phenoxy) is 1. The largest absolute Gasteiger partial charge is 0.490 e. The molecule has 0 saturated carbocycles. The predicted molar refractivity (Wildman–Crippen MR) is 106 cm³/mol. The molecule has 2 aromatic carbocycles. The van der Waals surface area contributed by atoms with Crippen LogP contribution in [0, 0.1) is 0 Å². The number of anilines is 1. The van der Waals surface area contributed by atoms with E-state index in [0.29, 0.717) is 5.69 Å². The Balaban J connectivity index is 0.000000423. The van der Waals surface area contributed by atoms with Crippen LogP contribution < -0.4 is 15.8 Å². The highest BCUT2D eigenvalue weighted by Gasteiger charge is 2.38. The molecule has 166 valence electrons. The van der Waals surface area contributed by atoms with Crippen LogP contribution in [0.4, 0.5) is 18.9 Å². The SMILES string of the molecule is COc1nn(-c2cccc(NCCCc3ccccc3)c2)c(=O)o1.O=C(O)C(F)(F)F. The summed E-state index contributed by atoms with van der Waals surface area (Å²) in [7, 11) is 1.40. The molecule has 0 fully saturated rings. The molecule has 31 heavy (non-hydrogen) atoms. The summed E-state index contributed by atoms with van der Waals surface area (Å²) >= 11 is 0. The van der Waals surface area contributed by atoms with Gasteiger partial charge in [0, 0.05) is 12.2 Å². The van der Waals surface area contributed by atoms with Crippen LogP contribution in [0.3, 0.4) is 0 Å². The predicted octanol–water partition coefficient (Wildman–Crippen LogP) is 3.51. The third-order valence-electron chi connectivity index (χ3n) is 3.85. The number of nitrogens with one attached hydrogen (secondary N) is 1. The lowest BCUT2D eigenvalue weighted by Gasteiger charge is -2.08. The summed E-state index contributed by atoms with van der Waals surface area (Å²) < 4.78 is 42.6. The van der Waals surface area contributed by atoms with E-state index >= 15 is 0 Å². The highest BCUT2D eigenvalue weighted by molar-refractivity contribution is 5.73. The lowest BCUT2D eigenvalue weighted by atomic mass is 10.1. The van der Waals surface area contributed by atoms with Crippen molar-refractivity contribution in [3.8, 4) is 11.8 Å². The molecule has 0 unspecified atom stereocenters. The molecule has 3 rings (SSSR count). The van der Waals surface area contributed by atoms with E-state index < -0.39 is 17.9 Å². The van der Waals surface area contributed by atoms with Crippen LogP contribution in [-0.4, -0.2) is 40.7 Å². The number of alkyl halides is 3. The zero-order valence-corrected chi connectivity index (χ0v) is 16.4. The van der Waals surface area contributed by atoms with E-state index in [9.17, 15) is 18.0 Å². The molecular weight excluding hydrogens is 419 g/mol. The maximum Gasteiger partial charge on any atom is 0.490 e. The zero-order valence-electron chi connectivity index (χ0n) is 16.4. The summed E-state index contributed by atoms with van der Waals surface area (Å²) in [6, 6.07) is 17.8. The average molecular weight is 439 g/mol. The van der Waals surface area contributed by atoms with Gasteiger partial charge in [0.25, 0.3) is 0 Å². The fourth-order valence-electron chi connectivity index (χ4n) is 2.42. The average Bonchev–Trinajstić information content (AvgIpc) is 3.13. The summed E-state index contributed by atoms with van der Waals surface area (Å²) in [5, 5.41) is 14.4. The number of carboxylic acid groups (broad SMARTS) is 1. The third-order valence-corrected chi connectivity index (χ3v) is 3.85. The minimum absolute atomic E-state index is 0.0544. The van der Waals surface area contributed by atoms with E-state index in [4.69, 9.17) is 19.1 Å². The van der Waals surface area contributed by atoms with Gasteiger partial charge in [-0.2, -0.15) is 17.9 Å². The highest BCUT2D eigenvalue weighted by atomic mass is 19.4. The van der Waals surface area contributed by atoms with Crippen molar-refractivity contribution in [3.05, 3.63) is 70.7 Å². The number of aromatic nitrogens is 2. The first-order valence-electron chi connectivity index (χ1n) is 9.03. The van der Waals surface area contributed by atoms with Gasteiger partial charge in [0.2, 0.25) is 0 Å². The number of methoxy groups -OCH3 is 1. The van der Waals surface area contributed by atoms with Crippen molar-refractivity contribution in [1.82, 2.24) is 9.78 Å². The van der Waals surface area contributed by atoms with E-state index in [0.717, 1.165) is 25.1 Å². The number of nitrogens with zero attached hydrogens (tertiary/aromatic N) is 2. The lowest BCUT2D eigenvalue weighted by molar-refractivity contribution is -0.192. The Morgan fingerprint density at radius 2 is 1.87 bits per heavy atom. The summed E-state index contributed by atoms with van der Waals surface area (Å²) in [5.74, 6) is -3.33. The second-order valence-corrected chi connectivity index (χ2v) is 6.12. The number of hydrogen-bond donors (Lipinski definition) is 2. The molecule has 0 amide bonds. The van der Waals surface area contributed by atoms with Crippen molar-refractivity contribution in [1.29, 1.82) is 0 Å². The number of rotatable bonds is 7. The highest BCUT2D eigenvalue weighted by Crippen LogP contribution is 2.15. The number of carboxylic acids is 1. The summed E-state index contributed by atoms with van der Waals surface area (Å²) in [6.07, 6.45) is -3.10. The number of halogens is 3. The molecule has 0 saturated heterocycles. The van der Waals surface area contributed by atoms with Crippen LogP contribution in [0.25, 0.3) is 5.69 Å². The number of hydrogen-bond acceptors (Lipinski definition) is 6. The van der Waals surface area contributed by atoms with Gasteiger partial charge in [-0.3, -0.25) is 0 Å². The summed E-state index contributed by atoms with van der Waals surface area (Å²) in [4.78, 5) is 20.7. The van der Waals surface area contributed by atoms with Crippen LogP contribution in [0.15, 0.2) is 63.8 Å². The summed E-state index contributed by atoms with van der Waals surface area (Å²) in [5.41, 5.74) is 2.88. The molecule has 1 heterocycles. The van der Waals surface area contributed by atoms with Gasteiger partial charge in [0.15, 0.2) is 0 Å². The Morgan fingerprint density at radius 1 is 1.19 bits per heavy atom. The third kappa shape index (κ3) is 7.53. The van der Waals surface area contributed by atoms with Crippen molar-refractivity contribution >= 4 is 11.7 Å². The fourth-order valence-corrected chi connectivity index (χ4v) is 2.42. The minimum Gasteiger partial charge on any atom is -0.475 e. The number of aliphatic carboxylic acids is 1. The van der Waals surface area contributed by atoms with E-state index in [1.165, 1.54) is 17.4 Å². The van der Waals surface area contributed by atoms with Crippen molar-refractivity contribution in [2.75, 3.05) is 19.0 Å². The van der Waals surface area contributed by atoms with Crippen LogP contribution in [0.5, 0.6) is 6.08 Å². The first-order valence-corrected chi connectivity index (χ1v) is 9.03. The van der Waals surface area contributed by atoms with Crippen LogP contribution in [0.1, 0.15) is 12.0 Å². The molecular formula is C20H20F3N3O5. The monoisotopic (exact) mass is 439 g/mol. The van der Waals surface area contributed by atoms with Crippen molar-refractivity contribution in [2.24, 2.45) is 0 Å². The van der Waals surface area contributed by atoms with Gasteiger partial charge in [0.05, 0.1) is 12.8 Å². The Morgan fingerprint density at radius 3 is 2.45 bits per heavy atom. The molecule has 0 atom stereocenters. The summed E-state index contributed by atoms with van der Waals surface area (Å²) in [6.45, 7) is 0.843. The quantitative estimate of drug-likeness (QED) is 0.543. The van der Waals surface area contributed by atoms with Crippen LogP contribution in [-0.2, 0) is 11.2 Å². The van der Waals surface area contributed by atoms with Gasteiger partial charge in [-0.1, -0.05) is 41.5 Å². The molecule has 8 nitrogen and oxygen atoms in total. The van der Waals surface area contributed by atoms with E-state index in [1.54, 1.807) is 6.07 Å². The molecule has 0 aliphatic heterocycles.